The minimum Gasteiger partial charge on any atom is -0.291 e. The summed E-state index contributed by atoms with van der Waals surface area (Å²) >= 11 is 1.85. The van der Waals surface area contributed by atoms with Crippen LogP contribution in [0.25, 0.3) is 124 Å². The Balaban J connectivity index is 1.06. The maximum atomic E-state index is 5.55. The molecule has 13 rings (SSSR count). The van der Waals surface area contributed by atoms with Crippen molar-refractivity contribution in [1.82, 2.24) is 9.38 Å². The zero-order valence-electron chi connectivity index (χ0n) is 30.1. The molecule has 0 spiro atoms. The maximum absolute atomic E-state index is 5.55. The van der Waals surface area contributed by atoms with Crippen LogP contribution < -0.4 is 0 Å². The molecular weight excluding hydrogens is 697 g/mol. The van der Waals surface area contributed by atoms with Gasteiger partial charge in [-0.05, 0) is 100 Å². The molecule has 0 amide bonds. The van der Waals surface area contributed by atoms with Crippen molar-refractivity contribution in [3.63, 3.8) is 0 Å². The number of nitrogens with zero attached hydrogens (tertiary/aromatic N) is 2. The predicted molar refractivity (Wildman–Crippen MR) is 241 cm³/mol. The average molecular weight is 727 g/mol. The largest absolute Gasteiger partial charge is 0.291 e. The van der Waals surface area contributed by atoms with Crippen molar-refractivity contribution in [2.24, 2.45) is 0 Å². The standard InChI is InChI=1S/C53H30N2S/c1-3-11-36-32(9-1)21-25-44-42(36)26-27-47-51(44)54-53-52-46(50-37-12-4-2-10-33(37)23-28-49(50)56-52)30-48(55(47)53)34-19-17-31(18-20-34)35-22-24-43-40-15-6-5-13-38(40)39-14-7-8-16-41(39)45(43)29-35/h1-30H. The number of rotatable bonds is 2. The Morgan fingerprint density at radius 2 is 0.911 bits per heavy atom. The third kappa shape index (κ3) is 4.12. The van der Waals surface area contributed by atoms with E-state index in [9.17, 15) is 0 Å². The first kappa shape index (κ1) is 30.3. The monoisotopic (exact) mass is 726 g/mol. The third-order valence-electron chi connectivity index (χ3n) is 12.1. The number of hydrogen-bond donors (Lipinski definition) is 0. The summed E-state index contributed by atoms with van der Waals surface area (Å²) in [4.78, 5) is 5.55. The summed E-state index contributed by atoms with van der Waals surface area (Å²) in [6.07, 6.45) is 0. The zero-order chi connectivity index (χ0) is 36.5. The molecule has 0 atom stereocenters. The van der Waals surface area contributed by atoms with E-state index in [1.165, 1.54) is 95.9 Å². The minimum atomic E-state index is 1.01. The highest BCUT2D eigenvalue weighted by Crippen LogP contribution is 2.45. The predicted octanol–water partition coefficient (Wildman–Crippen LogP) is 15.1. The first-order valence-electron chi connectivity index (χ1n) is 19.2. The van der Waals surface area contributed by atoms with Gasteiger partial charge in [0.1, 0.15) is 0 Å². The molecule has 0 aliphatic rings. The van der Waals surface area contributed by atoms with E-state index in [4.69, 9.17) is 4.98 Å². The molecule has 0 radical (unpaired) electrons. The number of hydrogen-bond acceptors (Lipinski definition) is 2. The van der Waals surface area contributed by atoms with E-state index in [-0.39, 0.29) is 0 Å². The molecule has 0 aliphatic carbocycles. The highest BCUT2D eigenvalue weighted by molar-refractivity contribution is 7.26. The minimum absolute atomic E-state index is 1.01. The van der Waals surface area contributed by atoms with Crippen LogP contribution in [0, 0.1) is 0 Å². The van der Waals surface area contributed by atoms with E-state index in [1.54, 1.807) is 0 Å². The van der Waals surface area contributed by atoms with Crippen LogP contribution in [0.15, 0.2) is 182 Å². The second kappa shape index (κ2) is 11.2. The lowest BCUT2D eigenvalue weighted by molar-refractivity contribution is 1.25. The Morgan fingerprint density at radius 3 is 1.66 bits per heavy atom. The van der Waals surface area contributed by atoms with Gasteiger partial charge in [0, 0.05) is 20.9 Å². The molecule has 0 bridgehead atoms. The first-order valence-corrected chi connectivity index (χ1v) is 20.0. The van der Waals surface area contributed by atoms with E-state index in [2.05, 4.69) is 186 Å². The Morgan fingerprint density at radius 1 is 0.375 bits per heavy atom. The van der Waals surface area contributed by atoms with Gasteiger partial charge in [0.05, 0.1) is 21.4 Å². The number of thiophene rings is 1. The van der Waals surface area contributed by atoms with E-state index >= 15 is 0 Å². The van der Waals surface area contributed by atoms with Crippen LogP contribution >= 0.6 is 11.3 Å². The summed E-state index contributed by atoms with van der Waals surface area (Å²) in [7, 11) is 0. The summed E-state index contributed by atoms with van der Waals surface area (Å²) < 4.78 is 4.91. The number of imidazole rings is 1. The summed E-state index contributed by atoms with van der Waals surface area (Å²) in [5, 5.41) is 17.8. The Hall–Kier alpha value is -7.07. The second-order valence-electron chi connectivity index (χ2n) is 15.0. The van der Waals surface area contributed by atoms with E-state index < -0.39 is 0 Å². The summed E-state index contributed by atoms with van der Waals surface area (Å²) in [6, 6.07) is 67.2. The molecule has 10 aromatic carbocycles. The van der Waals surface area contributed by atoms with Gasteiger partial charge in [0.15, 0.2) is 5.65 Å². The van der Waals surface area contributed by atoms with Crippen molar-refractivity contribution in [2.75, 3.05) is 0 Å². The molecule has 0 fully saturated rings. The van der Waals surface area contributed by atoms with Crippen LogP contribution in [-0.2, 0) is 0 Å². The van der Waals surface area contributed by atoms with Crippen molar-refractivity contribution < 1.29 is 0 Å². The molecule has 0 unspecified atom stereocenters. The van der Waals surface area contributed by atoms with Gasteiger partial charge in [-0.15, -0.1) is 11.3 Å². The Labute approximate surface area is 325 Å². The lowest BCUT2D eigenvalue weighted by Gasteiger charge is -2.13. The quantitative estimate of drug-likeness (QED) is 0.162. The topological polar surface area (TPSA) is 17.3 Å². The van der Waals surface area contributed by atoms with Gasteiger partial charge < -0.3 is 0 Å². The molecule has 3 heteroatoms. The van der Waals surface area contributed by atoms with Gasteiger partial charge >= 0.3 is 0 Å². The van der Waals surface area contributed by atoms with Crippen molar-refractivity contribution in [3.8, 4) is 22.4 Å². The average Bonchev–Trinajstić information content (AvgIpc) is 3.86. The molecule has 0 aliphatic heterocycles. The van der Waals surface area contributed by atoms with Crippen LogP contribution in [0.5, 0.6) is 0 Å². The fourth-order valence-electron chi connectivity index (χ4n) is 9.56. The van der Waals surface area contributed by atoms with Crippen molar-refractivity contribution >= 4 is 113 Å². The highest BCUT2D eigenvalue weighted by atomic mass is 32.1. The SMILES string of the molecule is c1ccc2c(c1)ccc1c2ccc2c1nc1c3sc4ccc5ccccc5c4c3cc(-c3ccc(-c4ccc5c6ccccc6c6ccccc6c5c4)cc3)n21. The summed E-state index contributed by atoms with van der Waals surface area (Å²) in [6.45, 7) is 0. The first-order chi connectivity index (χ1) is 27.8. The van der Waals surface area contributed by atoms with E-state index in [0.29, 0.717) is 0 Å². The van der Waals surface area contributed by atoms with Crippen molar-refractivity contribution in [3.05, 3.63) is 182 Å². The number of aromatic nitrogens is 2. The van der Waals surface area contributed by atoms with Gasteiger partial charge in [0.2, 0.25) is 0 Å². The van der Waals surface area contributed by atoms with Crippen LogP contribution in [-0.4, -0.2) is 9.38 Å². The third-order valence-corrected chi connectivity index (χ3v) is 13.3. The molecule has 0 saturated heterocycles. The van der Waals surface area contributed by atoms with Crippen LogP contribution in [0.3, 0.4) is 0 Å². The maximum Gasteiger partial charge on any atom is 0.156 e. The van der Waals surface area contributed by atoms with E-state index in [1.807, 2.05) is 11.3 Å². The number of fused-ring (bicyclic) bond motifs is 19. The van der Waals surface area contributed by atoms with Crippen LogP contribution in [0.1, 0.15) is 0 Å². The van der Waals surface area contributed by atoms with Gasteiger partial charge in [-0.25, -0.2) is 4.98 Å². The lowest BCUT2D eigenvalue weighted by Crippen LogP contribution is -1.93. The molecule has 3 heterocycles. The molecular formula is C53H30N2S. The molecule has 0 N–H and O–H groups in total. The smallest absolute Gasteiger partial charge is 0.156 e. The molecule has 13 aromatic rings. The number of pyridine rings is 1. The van der Waals surface area contributed by atoms with Crippen LogP contribution in [0.2, 0.25) is 0 Å². The fraction of sp³-hybridized carbons (Fsp3) is 0. The summed E-state index contributed by atoms with van der Waals surface area (Å²) in [5.41, 5.74) is 7.89. The van der Waals surface area contributed by atoms with Gasteiger partial charge in [-0.3, -0.25) is 4.40 Å². The van der Waals surface area contributed by atoms with Crippen LogP contribution in [0.4, 0.5) is 0 Å². The van der Waals surface area contributed by atoms with Gasteiger partial charge in [-0.1, -0.05) is 158 Å². The summed E-state index contributed by atoms with van der Waals surface area (Å²) in [5.74, 6) is 0. The lowest BCUT2D eigenvalue weighted by atomic mass is 9.92. The highest BCUT2D eigenvalue weighted by Gasteiger charge is 2.20. The second-order valence-corrected chi connectivity index (χ2v) is 16.1. The number of benzene rings is 10. The molecule has 3 aromatic heterocycles. The normalized spacial score (nSPS) is 12.3. The fourth-order valence-corrected chi connectivity index (χ4v) is 10.7. The zero-order valence-corrected chi connectivity index (χ0v) is 30.9. The molecule has 0 saturated carbocycles. The van der Waals surface area contributed by atoms with E-state index in [0.717, 1.165) is 27.9 Å². The Bertz CT molecular complexity index is 3780. The molecule has 56 heavy (non-hydrogen) atoms. The van der Waals surface area contributed by atoms with Crippen molar-refractivity contribution in [1.29, 1.82) is 0 Å². The van der Waals surface area contributed by atoms with Gasteiger partial charge in [0.25, 0.3) is 0 Å². The molecule has 2 nitrogen and oxygen atoms in total. The van der Waals surface area contributed by atoms with Gasteiger partial charge in [-0.2, -0.15) is 0 Å². The van der Waals surface area contributed by atoms with Crippen molar-refractivity contribution in [2.45, 2.75) is 0 Å². The molecule has 258 valence electrons. The Kier molecular flexibility index (Phi) is 6.07.